The van der Waals surface area contributed by atoms with Gasteiger partial charge in [0.1, 0.15) is 5.69 Å². The van der Waals surface area contributed by atoms with E-state index < -0.39 is 0 Å². The smallest absolute Gasteiger partial charge is 0.272 e. The summed E-state index contributed by atoms with van der Waals surface area (Å²) >= 11 is 0. The van der Waals surface area contributed by atoms with Gasteiger partial charge in [0, 0.05) is 28.7 Å². The molecule has 5 heteroatoms. The van der Waals surface area contributed by atoms with Gasteiger partial charge in [-0.15, -0.1) is 0 Å². The van der Waals surface area contributed by atoms with Crippen molar-refractivity contribution in [2.75, 3.05) is 11.9 Å². The van der Waals surface area contributed by atoms with Crippen LogP contribution in [-0.4, -0.2) is 23.3 Å². The number of H-pyrrole nitrogens is 1. The molecule has 0 unspecified atom stereocenters. The first-order valence-electron chi connectivity index (χ1n) is 8.27. The molecule has 0 aliphatic rings. The summed E-state index contributed by atoms with van der Waals surface area (Å²) < 4.78 is 0. The number of carbonyl (C=O) groups excluding carboxylic acids is 2. The predicted octanol–water partition coefficient (Wildman–Crippen LogP) is 3.79. The van der Waals surface area contributed by atoms with Crippen molar-refractivity contribution in [1.29, 1.82) is 0 Å². The number of nitrogens with one attached hydrogen (secondary N) is 3. The highest BCUT2D eigenvalue weighted by atomic mass is 16.2. The minimum absolute atomic E-state index is 0.157. The van der Waals surface area contributed by atoms with Gasteiger partial charge < -0.3 is 15.6 Å². The molecule has 0 radical (unpaired) electrons. The standard InChI is InChI=1S/C20H21N3O2/c1-4-21-19(24)14-6-5-7-15(10-14)22-20(25)18-11-16-13(3)8-12(2)9-17(16)23-18/h5-11,23H,4H2,1-3H3,(H,21,24)(H,22,25). The molecule has 0 spiro atoms. The number of hydrogen-bond donors (Lipinski definition) is 3. The molecule has 3 aromatic rings. The van der Waals surface area contributed by atoms with Crippen molar-refractivity contribution >= 4 is 28.4 Å². The van der Waals surface area contributed by atoms with E-state index >= 15 is 0 Å². The average Bonchev–Trinajstić information content (AvgIpc) is 3.00. The van der Waals surface area contributed by atoms with Gasteiger partial charge in [0.05, 0.1) is 0 Å². The SMILES string of the molecule is CCNC(=O)c1cccc(NC(=O)c2cc3c(C)cc(C)cc3[nH]2)c1. The van der Waals surface area contributed by atoms with E-state index in [0.29, 0.717) is 23.5 Å². The van der Waals surface area contributed by atoms with Crippen LogP contribution in [0, 0.1) is 13.8 Å². The fourth-order valence-electron chi connectivity index (χ4n) is 2.92. The van der Waals surface area contributed by atoms with Crippen LogP contribution < -0.4 is 10.6 Å². The van der Waals surface area contributed by atoms with Gasteiger partial charge in [-0.2, -0.15) is 0 Å². The van der Waals surface area contributed by atoms with Crippen molar-refractivity contribution < 1.29 is 9.59 Å². The number of hydrogen-bond acceptors (Lipinski definition) is 2. The second-order valence-corrected chi connectivity index (χ2v) is 6.12. The van der Waals surface area contributed by atoms with E-state index in [1.807, 2.05) is 32.9 Å². The molecule has 128 valence electrons. The number of rotatable bonds is 4. The Morgan fingerprint density at radius 1 is 1.04 bits per heavy atom. The van der Waals surface area contributed by atoms with Crippen molar-refractivity contribution in [1.82, 2.24) is 10.3 Å². The second kappa shape index (κ2) is 6.81. The minimum Gasteiger partial charge on any atom is -0.352 e. The van der Waals surface area contributed by atoms with Crippen LogP contribution in [0.1, 0.15) is 38.9 Å². The lowest BCUT2D eigenvalue weighted by atomic mass is 10.1. The van der Waals surface area contributed by atoms with Gasteiger partial charge in [0.15, 0.2) is 0 Å². The van der Waals surface area contributed by atoms with Gasteiger partial charge >= 0.3 is 0 Å². The summed E-state index contributed by atoms with van der Waals surface area (Å²) in [5.74, 6) is -0.392. The molecule has 3 N–H and O–H groups in total. The lowest BCUT2D eigenvalue weighted by Crippen LogP contribution is -2.22. The van der Waals surface area contributed by atoms with E-state index in [2.05, 4.69) is 21.7 Å². The number of amides is 2. The summed E-state index contributed by atoms with van der Waals surface area (Å²) in [5.41, 5.74) is 4.81. The molecule has 25 heavy (non-hydrogen) atoms. The maximum Gasteiger partial charge on any atom is 0.272 e. The fraction of sp³-hybridized carbons (Fsp3) is 0.200. The molecular weight excluding hydrogens is 314 g/mol. The minimum atomic E-state index is -0.235. The lowest BCUT2D eigenvalue weighted by molar-refractivity contribution is 0.0954. The summed E-state index contributed by atoms with van der Waals surface area (Å²) in [4.78, 5) is 27.6. The Balaban J connectivity index is 1.84. The zero-order valence-corrected chi connectivity index (χ0v) is 14.6. The topological polar surface area (TPSA) is 74.0 Å². The van der Waals surface area contributed by atoms with Crippen molar-refractivity contribution in [2.45, 2.75) is 20.8 Å². The van der Waals surface area contributed by atoms with Crippen LogP contribution >= 0.6 is 0 Å². The zero-order valence-electron chi connectivity index (χ0n) is 14.6. The van der Waals surface area contributed by atoms with Crippen LogP contribution in [0.5, 0.6) is 0 Å². The third-order valence-electron chi connectivity index (χ3n) is 4.05. The number of aromatic nitrogens is 1. The second-order valence-electron chi connectivity index (χ2n) is 6.12. The number of aryl methyl sites for hydroxylation is 2. The Hall–Kier alpha value is -3.08. The summed E-state index contributed by atoms with van der Waals surface area (Å²) in [6.45, 7) is 6.48. The molecule has 0 aliphatic heterocycles. The lowest BCUT2D eigenvalue weighted by Gasteiger charge is -2.06. The molecule has 1 heterocycles. The van der Waals surface area contributed by atoms with Gasteiger partial charge in [0.2, 0.25) is 0 Å². The first kappa shape index (κ1) is 16.8. The molecular formula is C20H21N3O2. The highest BCUT2D eigenvalue weighted by molar-refractivity contribution is 6.07. The van der Waals surface area contributed by atoms with E-state index in [1.165, 1.54) is 0 Å². The Labute approximate surface area is 146 Å². The molecule has 1 aromatic heterocycles. The zero-order chi connectivity index (χ0) is 18.0. The average molecular weight is 335 g/mol. The number of anilines is 1. The Kier molecular flexibility index (Phi) is 4.57. The van der Waals surface area contributed by atoms with Crippen molar-refractivity contribution in [3.8, 4) is 0 Å². The molecule has 5 nitrogen and oxygen atoms in total. The summed E-state index contributed by atoms with van der Waals surface area (Å²) in [5, 5.41) is 6.62. The van der Waals surface area contributed by atoms with E-state index in [9.17, 15) is 9.59 Å². The van der Waals surface area contributed by atoms with E-state index in [4.69, 9.17) is 0 Å². The van der Waals surface area contributed by atoms with Crippen LogP contribution in [0.3, 0.4) is 0 Å². The van der Waals surface area contributed by atoms with Gasteiger partial charge in [-0.05, 0) is 62.2 Å². The molecule has 0 saturated carbocycles. The van der Waals surface area contributed by atoms with Gasteiger partial charge in [0.25, 0.3) is 11.8 Å². The van der Waals surface area contributed by atoms with Crippen molar-refractivity contribution in [3.05, 3.63) is 64.8 Å². The van der Waals surface area contributed by atoms with Crippen LogP contribution in [0.15, 0.2) is 42.5 Å². The first-order chi connectivity index (χ1) is 12.0. The number of carbonyl (C=O) groups is 2. The maximum absolute atomic E-state index is 12.5. The van der Waals surface area contributed by atoms with Gasteiger partial charge in [-0.1, -0.05) is 12.1 Å². The first-order valence-corrected chi connectivity index (χ1v) is 8.27. The number of benzene rings is 2. The van der Waals surface area contributed by atoms with E-state index in [-0.39, 0.29) is 11.8 Å². The number of fused-ring (bicyclic) bond motifs is 1. The summed E-state index contributed by atoms with van der Waals surface area (Å²) in [7, 11) is 0. The fourth-order valence-corrected chi connectivity index (χ4v) is 2.92. The molecule has 0 saturated heterocycles. The van der Waals surface area contributed by atoms with Crippen molar-refractivity contribution in [3.63, 3.8) is 0 Å². The molecule has 0 bridgehead atoms. The maximum atomic E-state index is 12.5. The normalized spacial score (nSPS) is 10.7. The molecule has 0 aliphatic carbocycles. The van der Waals surface area contributed by atoms with Gasteiger partial charge in [-0.3, -0.25) is 9.59 Å². The largest absolute Gasteiger partial charge is 0.352 e. The van der Waals surface area contributed by atoms with Crippen LogP contribution in [0.25, 0.3) is 10.9 Å². The monoisotopic (exact) mass is 335 g/mol. The molecule has 0 fully saturated rings. The summed E-state index contributed by atoms with van der Waals surface area (Å²) in [6.07, 6.45) is 0. The summed E-state index contributed by atoms with van der Waals surface area (Å²) in [6, 6.07) is 12.9. The van der Waals surface area contributed by atoms with E-state index in [0.717, 1.165) is 22.0 Å². The molecule has 0 atom stereocenters. The van der Waals surface area contributed by atoms with E-state index in [1.54, 1.807) is 24.3 Å². The number of aromatic amines is 1. The highest BCUT2D eigenvalue weighted by Gasteiger charge is 2.12. The van der Waals surface area contributed by atoms with Crippen LogP contribution in [0.2, 0.25) is 0 Å². The Morgan fingerprint density at radius 3 is 2.60 bits per heavy atom. The molecule has 2 aromatic carbocycles. The van der Waals surface area contributed by atoms with Gasteiger partial charge in [-0.25, -0.2) is 0 Å². The third kappa shape index (κ3) is 3.55. The van der Waals surface area contributed by atoms with Crippen LogP contribution in [-0.2, 0) is 0 Å². The van der Waals surface area contributed by atoms with Crippen molar-refractivity contribution in [2.24, 2.45) is 0 Å². The molecule has 3 rings (SSSR count). The molecule has 2 amide bonds. The quantitative estimate of drug-likeness (QED) is 0.679. The highest BCUT2D eigenvalue weighted by Crippen LogP contribution is 2.22. The van der Waals surface area contributed by atoms with Crippen LogP contribution in [0.4, 0.5) is 5.69 Å². The predicted molar refractivity (Wildman–Crippen MR) is 100 cm³/mol. The Bertz CT molecular complexity index is 957. The Morgan fingerprint density at radius 2 is 1.84 bits per heavy atom. The third-order valence-corrected chi connectivity index (χ3v) is 4.05.